The Morgan fingerprint density at radius 3 is 2.66 bits per heavy atom. The Bertz CT molecular complexity index is 1060. The highest BCUT2D eigenvalue weighted by molar-refractivity contribution is 5.82. The van der Waals surface area contributed by atoms with Crippen LogP contribution in [0.15, 0.2) is 47.0 Å². The average molecular weight is 437 g/mol. The summed E-state index contributed by atoms with van der Waals surface area (Å²) < 4.78 is 5.67. The molecule has 3 rings (SSSR count). The monoisotopic (exact) mass is 436 g/mol. The number of nitrogens with one attached hydrogen (secondary N) is 1. The molecule has 0 radical (unpaired) electrons. The van der Waals surface area contributed by atoms with Crippen molar-refractivity contribution < 1.29 is 14.0 Å². The van der Waals surface area contributed by atoms with Gasteiger partial charge in [0.05, 0.1) is 6.04 Å². The number of rotatable bonds is 9. The maximum atomic E-state index is 10.5. The van der Waals surface area contributed by atoms with E-state index >= 15 is 0 Å². The molecule has 0 bridgehead atoms. The van der Waals surface area contributed by atoms with Crippen LogP contribution in [-0.2, 0) is 22.6 Å². The summed E-state index contributed by atoms with van der Waals surface area (Å²) in [4.78, 5) is 27.2. The van der Waals surface area contributed by atoms with Crippen molar-refractivity contribution in [1.29, 1.82) is 0 Å². The number of allylic oxidation sites excluding steroid dienone is 1. The standard InChI is InChI=1S/C13H17N3O2.C12H15NO/c1-15-13-11(4-5-12(14)9-18)7-10(8-16-13)3-2-6-17;1-9-11(8-13(2)3)10-6-4-5-7-12(10)14-9/h2-3,6-9,12H,4-5,14H2,1H3,(H,15,16);4-7H,8H2,1-3H3/b3-2+;/t12-;/m0./s1. The lowest BCUT2D eigenvalue weighted by Crippen LogP contribution is -2.22. The Kier molecular flexibility index (Phi) is 9.78. The number of furan rings is 1. The van der Waals surface area contributed by atoms with E-state index < -0.39 is 6.04 Å². The van der Waals surface area contributed by atoms with Gasteiger partial charge >= 0.3 is 0 Å². The lowest BCUT2D eigenvalue weighted by molar-refractivity contribution is -0.109. The van der Waals surface area contributed by atoms with Gasteiger partial charge in [-0.05, 0) is 63.2 Å². The van der Waals surface area contributed by atoms with Crippen LogP contribution in [0.1, 0.15) is 28.9 Å². The highest BCUT2D eigenvalue weighted by atomic mass is 16.3. The van der Waals surface area contributed by atoms with Gasteiger partial charge in [0.25, 0.3) is 0 Å². The fourth-order valence-electron chi connectivity index (χ4n) is 3.31. The second-order valence-corrected chi connectivity index (χ2v) is 7.73. The van der Waals surface area contributed by atoms with E-state index in [1.54, 1.807) is 19.3 Å². The number of carbonyl (C=O) groups is 2. The van der Waals surface area contributed by atoms with Crippen LogP contribution < -0.4 is 11.1 Å². The van der Waals surface area contributed by atoms with Crippen LogP contribution in [0.5, 0.6) is 0 Å². The van der Waals surface area contributed by atoms with Crippen LogP contribution in [0.4, 0.5) is 5.82 Å². The molecule has 170 valence electrons. The zero-order valence-electron chi connectivity index (χ0n) is 19.2. The molecule has 0 unspecified atom stereocenters. The normalized spacial score (nSPS) is 11.9. The Morgan fingerprint density at radius 1 is 1.25 bits per heavy atom. The van der Waals surface area contributed by atoms with E-state index in [0.29, 0.717) is 19.1 Å². The molecule has 0 amide bonds. The van der Waals surface area contributed by atoms with Gasteiger partial charge in [0, 0.05) is 30.7 Å². The van der Waals surface area contributed by atoms with E-state index in [4.69, 9.17) is 10.2 Å². The largest absolute Gasteiger partial charge is 0.461 e. The number of nitrogens with zero attached hydrogens (tertiary/aromatic N) is 2. The zero-order valence-corrected chi connectivity index (χ0v) is 19.2. The molecule has 3 N–H and O–H groups in total. The number of pyridine rings is 1. The predicted molar refractivity (Wildman–Crippen MR) is 130 cm³/mol. The van der Waals surface area contributed by atoms with Gasteiger partial charge in [0.15, 0.2) is 0 Å². The number of anilines is 1. The lowest BCUT2D eigenvalue weighted by Gasteiger charge is -2.10. The molecule has 0 fully saturated rings. The molecule has 7 nitrogen and oxygen atoms in total. The SMILES string of the molecule is CNc1ncc(/C=C/C=O)cc1CC[C@H](N)C=O.Cc1oc2ccccc2c1CN(C)C. The first-order valence-electron chi connectivity index (χ1n) is 10.5. The lowest BCUT2D eigenvalue weighted by atomic mass is 10.1. The highest BCUT2D eigenvalue weighted by Gasteiger charge is 2.10. The van der Waals surface area contributed by atoms with Crippen molar-refractivity contribution in [2.75, 3.05) is 26.5 Å². The minimum Gasteiger partial charge on any atom is -0.461 e. The van der Waals surface area contributed by atoms with Gasteiger partial charge in [0.2, 0.25) is 0 Å². The molecule has 7 heteroatoms. The van der Waals surface area contributed by atoms with Gasteiger partial charge in [0.1, 0.15) is 29.7 Å². The molecular weight excluding hydrogens is 404 g/mol. The van der Waals surface area contributed by atoms with E-state index in [2.05, 4.69) is 41.4 Å². The first kappa shape index (κ1) is 25.0. The van der Waals surface area contributed by atoms with Crippen molar-refractivity contribution in [3.63, 3.8) is 0 Å². The van der Waals surface area contributed by atoms with Gasteiger partial charge in [-0.25, -0.2) is 4.98 Å². The Labute approximate surface area is 189 Å². The number of aldehydes is 2. The fourth-order valence-corrected chi connectivity index (χ4v) is 3.31. The summed E-state index contributed by atoms with van der Waals surface area (Å²) in [5.74, 6) is 1.79. The van der Waals surface area contributed by atoms with Crippen molar-refractivity contribution in [2.24, 2.45) is 5.73 Å². The average Bonchev–Trinajstić information content (AvgIpc) is 3.11. The second-order valence-electron chi connectivity index (χ2n) is 7.73. The number of carbonyl (C=O) groups excluding carboxylic acids is 2. The van der Waals surface area contributed by atoms with Gasteiger partial charge in [-0.15, -0.1) is 0 Å². The highest BCUT2D eigenvalue weighted by Crippen LogP contribution is 2.25. The first-order chi connectivity index (χ1) is 15.4. The Hall–Kier alpha value is -3.29. The molecule has 0 saturated carbocycles. The molecule has 0 aliphatic heterocycles. The van der Waals surface area contributed by atoms with Crippen LogP contribution in [0.3, 0.4) is 0 Å². The maximum Gasteiger partial charge on any atom is 0.142 e. The van der Waals surface area contributed by atoms with Crippen LogP contribution >= 0.6 is 0 Å². The minimum atomic E-state index is -0.455. The fraction of sp³-hybridized carbons (Fsp3) is 0.320. The van der Waals surface area contributed by atoms with Crippen molar-refractivity contribution in [2.45, 2.75) is 32.4 Å². The minimum absolute atomic E-state index is 0.455. The molecule has 32 heavy (non-hydrogen) atoms. The molecule has 0 aliphatic carbocycles. The van der Waals surface area contributed by atoms with E-state index in [-0.39, 0.29) is 0 Å². The van der Waals surface area contributed by atoms with E-state index in [9.17, 15) is 9.59 Å². The number of hydrogen-bond donors (Lipinski definition) is 2. The number of para-hydroxylation sites is 1. The van der Waals surface area contributed by atoms with Crippen molar-refractivity contribution in [3.8, 4) is 0 Å². The number of nitrogens with two attached hydrogens (primary N) is 1. The van der Waals surface area contributed by atoms with Gasteiger partial charge in [-0.3, -0.25) is 4.79 Å². The van der Waals surface area contributed by atoms with E-state index in [0.717, 1.165) is 41.1 Å². The van der Waals surface area contributed by atoms with Crippen LogP contribution in [0.25, 0.3) is 17.0 Å². The van der Waals surface area contributed by atoms with Crippen molar-refractivity contribution in [1.82, 2.24) is 9.88 Å². The van der Waals surface area contributed by atoms with Crippen LogP contribution in [0, 0.1) is 6.92 Å². The molecule has 1 atom stereocenters. The summed E-state index contributed by atoms with van der Waals surface area (Å²) in [5, 5.41) is 4.22. The number of fused-ring (bicyclic) bond motifs is 1. The molecule has 3 aromatic rings. The summed E-state index contributed by atoms with van der Waals surface area (Å²) in [5.41, 5.74) is 9.66. The van der Waals surface area contributed by atoms with E-state index in [1.807, 2.05) is 25.1 Å². The number of hydrogen-bond acceptors (Lipinski definition) is 7. The topological polar surface area (TPSA) is 101 Å². The molecule has 2 aromatic heterocycles. The summed E-state index contributed by atoms with van der Waals surface area (Å²) in [6.45, 7) is 2.96. The van der Waals surface area contributed by atoms with Crippen molar-refractivity contribution in [3.05, 3.63) is 65.1 Å². The number of aryl methyl sites for hydroxylation is 2. The van der Waals surface area contributed by atoms with Crippen molar-refractivity contribution >= 4 is 35.4 Å². The first-order valence-corrected chi connectivity index (χ1v) is 10.5. The quantitative estimate of drug-likeness (QED) is 0.390. The van der Waals surface area contributed by atoms with Gasteiger partial charge < -0.3 is 25.2 Å². The van der Waals surface area contributed by atoms with Crippen LogP contribution in [-0.4, -0.2) is 49.6 Å². The number of aromatic nitrogens is 1. The summed E-state index contributed by atoms with van der Waals surface area (Å²) in [7, 11) is 5.93. The Balaban J connectivity index is 0.000000233. The third-order valence-electron chi connectivity index (χ3n) is 4.89. The number of benzene rings is 1. The van der Waals surface area contributed by atoms with E-state index in [1.165, 1.54) is 17.0 Å². The summed E-state index contributed by atoms with van der Waals surface area (Å²) in [6.07, 6.45) is 7.46. The second kappa shape index (κ2) is 12.5. The molecule has 1 aromatic carbocycles. The molecule has 0 aliphatic rings. The third kappa shape index (κ3) is 7.14. The van der Waals surface area contributed by atoms with Crippen LogP contribution in [0.2, 0.25) is 0 Å². The molecule has 2 heterocycles. The maximum absolute atomic E-state index is 10.5. The predicted octanol–water partition coefficient (Wildman–Crippen LogP) is 3.60. The van der Waals surface area contributed by atoms with Gasteiger partial charge in [-0.1, -0.05) is 24.3 Å². The molecular formula is C25H32N4O3. The molecule has 0 spiro atoms. The molecule has 0 saturated heterocycles. The zero-order chi connectivity index (χ0) is 23.5. The third-order valence-corrected chi connectivity index (χ3v) is 4.89. The summed E-state index contributed by atoms with van der Waals surface area (Å²) >= 11 is 0. The van der Waals surface area contributed by atoms with Gasteiger partial charge in [-0.2, -0.15) is 0 Å². The Morgan fingerprint density at radius 2 is 2.00 bits per heavy atom. The summed E-state index contributed by atoms with van der Waals surface area (Å²) in [6, 6.07) is 9.66. The smallest absolute Gasteiger partial charge is 0.142 e.